The van der Waals surface area contributed by atoms with E-state index in [1.54, 1.807) is 24.3 Å². The van der Waals surface area contributed by atoms with Crippen molar-refractivity contribution in [2.75, 3.05) is 0 Å². The van der Waals surface area contributed by atoms with E-state index < -0.39 is 11.7 Å². The molecule has 0 saturated heterocycles. The zero-order chi connectivity index (χ0) is 13.8. The average molecular weight is 322 g/mol. The number of azo groups is 1. The summed E-state index contributed by atoms with van der Waals surface area (Å²) in [5, 5.41) is 26.1. The minimum atomic E-state index is -1.25. The summed E-state index contributed by atoms with van der Waals surface area (Å²) >= 11 is 3.29. The van der Waals surface area contributed by atoms with Crippen molar-refractivity contribution in [2.45, 2.75) is 0 Å². The van der Waals surface area contributed by atoms with Gasteiger partial charge in [0, 0.05) is 10.7 Å². The molecule has 0 amide bonds. The van der Waals surface area contributed by atoms with Crippen LogP contribution in [0.15, 0.2) is 51.2 Å². The zero-order valence-electron chi connectivity index (χ0n) is 9.49. The first kappa shape index (κ1) is 13.2. The van der Waals surface area contributed by atoms with Crippen molar-refractivity contribution in [3.8, 4) is 5.75 Å². The number of pyridine rings is 1. The SMILES string of the molecule is O=C(O)c1ccnc(N=Nc2ccc(Br)cc2)c1O. The highest BCUT2D eigenvalue weighted by atomic mass is 79.9. The Morgan fingerprint density at radius 3 is 2.47 bits per heavy atom. The molecule has 0 unspecified atom stereocenters. The molecule has 0 aliphatic heterocycles. The quantitative estimate of drug-likeness (QED) is 0.843. The number of benzene rings is 1. The molecule has 0 aliphatic carbocycles. The molecule has 1 aromatic heterocycles. The molecule has 0 atom stereocenters. The minimum absolute atomic E-state index is 0.136. The van der Waals surface area contributed by atoms with Gasteiger partial charge >= 0.3 is 5.97 Å². The van der Waals surface area contributed by atoms with Crippen LogP contribution >= 0.6 is 15.9 Å². The summed E-state index contributed by atoms with van der Waals surface area (Å²) in [7, 11) is 0. The van der Waals surface area contributed by atoms with E-state index in [0.29, 0.717) is 5.69 Å². The number of rotatable bonds is 3. The predicted molar refractivity (Wildman–Crippen MR) is 71.2 cm³/mol. The Morgan fingerprint density at radius 2 is 1.84 bits per heavy atom. The smallest absolute Gasteiger partial charge is 0.339 e. The Hall–Kier alpha value is -2.28. The molecule has 0 spiro atoms. The van der Waals surface area contributed by atoms with Crippen molar-refractivity contribution < 1.29 is 15.0 Å². The molecule has 2 rings (SSSR count). The first-order chi connectivity index (χ1) is 9.08. The third-order valence-electron chi connectivity index (χ3n) is 2.22. The maximum Gasteiger partial charge on any atom is 0.339 e. The molecule has 96 valence electrons. The van der Waals surface area contributed by atoms with Crippen LogP contribution < -0.4 is 0 Å². The van der Waals surface area contributed by atoms with Gasteiger partial charge in [0.1, 0.15) is 5.56 Å². The third-order valence-corrected chi connectivity index (χ3v) is 2.75. The zero-order valence-corrected chi connectivity index (χ0v) is 11.1. The molecule has 0 bridgehead atoms. The second-order valence-corrected chi connectivity index (χ2v) is 4.43. The predicted octanol–water partition coefficient (Wildman–Crippen LogP) is 3.66. The number of carboxylic acid groups (broad SMARTS) is 1. The van der Waals surface area contributed by atoms with E-state index in [9.17, 15) is 9.90 Å². The lowest BCUT2D eigenvalue weighted by atomic mass is 10.2. The van der Waals surface area contributed by atoms with Gasteiger partial charge < -0.3 is 10.2 Å². The molecule has 0 saturated carbocycles. The second kappa shape index (κ2) is 5.57. The van der Waals surface area contributed by atoms with Gasteiger partial charge in [0.05, 0.1) is 5.69 Å². The van der Waals surface area contributed by atoms with Gasteiger partial charge in [-0.1, -0.05) is 15.9 Å². The number of hydrogen-bond acceptors (Lipinski definition) is 5. The van der Waals surface area contributed by atoms with Crippen LogP contribution in [0.1, 0.15) is 10.4 Å². The molecule has 1 aromatic carbocycles. The van der Waals surface area contributed by atoms with Crippen molar-refractivity contribution in [3.63, 3.8) is 0 Å². The summed E-state index contributed by atoms with van der Waals surface area (Å²) in [4.78, 5) is 14.6. The number of nitrogens with zero attached hydrogens (tertiary/aromatic N) is 3. The normalized spacial score (nSPS) is 10.8. The molecule has 0 fully saturated rings. The van der Waals surface area contributed by atoms with Crippen LogP contribution in [0.25, 0.3) is 0 Å². The summed E-state index contributed by atoms with van der Waals surface area (Å²) in [5.41, 5.74) is 0.296. The highest BCUT2D eigenvalue weighted by Gasteiger charge is 2.13. The van der Waals surface area contributed by atoms with Crippen molar-refractivity contribution in [2.24, 2.45) is 10.2 Å². The number of aromatic carboxylic acids is 1. The first-order valence-corrected chi connectivity index (χ1v) is 5.96. The number of hydrogen-bond donors (Lipinski definition) is 2. The fourth-order valence-electron chi connectivity index (χ4n) is 1.30. The maximum atomic E-state index is 10.8. The summed E-state index contributed by atoms with van der Waals surface area (Å²) in [5.74, 6) is -1.89. The number of halogens is 1. The molecule has 19 heavy (non-hydrogen) atoms. The summed E-state index contributed by atoms with van der Waals surface area (Å²) in [6, 6.07) is 8.19. The molecule has 2 N–H and O–H groups in total. The lowest BCUT2D eigenvalue weighted by Crippen LogP contribution is -1.96. The average Bonchev–Trinajstić information content (AvgIpc) is 2.39. The number of carboxylic acids is 1. The third kappa shape index (κ3) is 3.14. The minimum Gasteiger partial charge on any atom is -0.504 e. The molecule has 0 radical (unpaired) electrons. The van der Waals surface area contributed by atoms with Crippen molar-refractivity contribution in [1.82, 2.24) is 4.98 Å². The summed E-state index contributed by atoms with van der Waals surface area (Å²) in [6.07, 6.45) is 1.25. The van der Waals surface area contributed by atoms with Crippen LogP contribution in [0, 0.1) is 0 Å². The van der Waals surface area contributed by atoms with Crippen LogP contribution in [-0.4, -0.2) is 21.2 Å². The molecule has 2 aromatic rings. The fourth-order valence-corrected chi connectivity index (χ4v) is 1.57. The second-order valence-electron chi connectivity index (χ2n) is 3.51. The fraction of sp³-hybridized carbons (Fsp3) is 0. The van der Waals surface area contributed by atoms with E-state index in [-0.39, 0.29) is 11.4 Å². The Bertz CT molecular complexity index is 641. The highest BCUT2D eigenvalue weighted by molar-refractivity contribution is 9.10. The van der Waals surface area contributed by atoms with Crippen LogP contribution in [0.4, 0.5) is 11.5 Å². The van der Waals surface area contributed by atoms with Gasteiger partial charge in [0.2, 0.25) is 5.82 Å². The monoisotopic (exact) mass is 321 g/mol. The Labute approximate surface area is 116 Å². The van der Waals surface area contributed by atoms with E-state index in [2.05, 4.69) is 31.1 Å². The molecule has 0 aliphatic rings. The van der Waals surface area contributed by atoms with Gasteiger partial charge in [-0.3, -0.25) is 0 Å². The van der Waals surface area contributed by atoms with Crippen LogP contribution in [-0.2, 0) is 0 Å². The van der Waals surface area contributed by atoms with Crippen LogP contribution in [0.5, 0.6) is 5.75 Å². The Morgan fingerprint density at radius 1 is 1.16 bits per heavy atom. The molecule has 7 heteroatoms. The number of carbonyl (C=O) groups is 1. The lowest BCUT2D eigenvalue weighted by Gasteiger charge is -2.00. The van der Waals surface area contributed by atoms with E-state index in [4.69, 9.17) is 5.11 Å². The summed E-state index contributed by atoms with van der Waals surface area (Å²) < 4.78 is 0.903. The van der Waals surface area contributed by atoms with E-state index in [1.807, 2.05) is 0 Å². The maximum absolute atomic E-state index is 10.8. The number of aromatic nitrogens is 1. The summed E-state index contributed by atoms with van der Waals surface area (Å²) in [6.45, 7) is 0. The van der Waals surface area contributed by atoms with Crippen molar-refractivity contribution in [3.05, 3.63) is 46.6 Å². The Balaban J connectivity index is 2.31. The van der Waals surface area contributed by atoms with Crippen molar-refractivity contribution >= 4 is 33.4 Å². The topological polar surface area (TPSA) is 95.1 Å². The Kier molecular flexibility index (Phi) is 3.86. The van der Waals surface area contributed by atoms with E-state index in [0.717, 1.165) is 4.47 Å². The first-order valence-electron chi connectivity index (χ1n) is 5.16. The standard InChI is InChI=1S/C12H8BrN3O3/c13-7-1-3-8(4-2-7)15-16-11-10(17)9(12(18)19)5-6-14-11/h1-6,17H,(H,18,19). The van der Waals surface area contributed by atoms with Gasteiger partial charge in [0.15, 0.2) is 5.75 Å². The van der Waals surface area contributed by atoms with Crippen LogP contribution in [0.2, 0.25) is 0 Å². The van der Waals surface area contributed by atoms with Gasteiger partial charge in [0.25, 0.3) is 0 Å². The molecular weight excluding hydrogens is 314 g/mol. The highest BCUT2D eigenvalue weighted by Crippen LogP contribution is 2.29. The largest absolute Gasteiger partial charge is 0.504 e. The number of aromatic hydroxyl groups is 1. The molecular formula is C12H8BrN3O3. The van der Waals surface area contributed by atoms with Crippen LogP contribution in [0.3, 0.4) is 0 Å². The van der Waals surface area contributed by atoms with E-state index >= 15 is 0 Å². The molecule has 1 heterocycles. The van der Waals surface area contributed by atoms with Gasteiger partial charge in [-0.25, -0.2) is 9.78 Å². The van der Waals surface area contributed by atoms with E-state index in [1.165, 1.54) is 12.3 Å². The van der Waals surface area contributed by atoms with Gasteiger partial charge in [-0.2, -0.15) is 0 Å². The van der Waals surface area contributed by atoms with Gasteiger partial charge in [-0.05, 0) is 30.3 Å². The van der Waals surface area contributed by atoms with Gasteiger partial charge in [-0.15, -0.1) is 10.2 Å². The van der Waals surface area contributed by atoms with Crippen molar-refractivity contribution in [1.29, 1.82) is 0 Å². The molecule has 6 nitrogen and oxygen atoms in total. The lowest BCUT2D eigenvalue weighted by molar-refractivity contribution is 0.0693.